The number of carbonyl (C=O) groups excluding carboxylic acids is 3. The van der Waals surface area contributed by atoms with Crippen molar-refractivity contribution >= 4 is 23.8 Å². The van der Waals surface area contributed by atoms with Crippen LogP contribution < -0.4 is 10.6 Å². The molecule has 2 amide bonds. The first-order chi connectivity index (χ1) is 27.8. The molecule has 0 aromatic heterocycles. The molecule has 0 bridgehead atoms. The minimum Gasteiger partial charge on any atom is -0.480 e. The number of allylic oxidation sites excluding steroid dienone is 8. The highest BCUT2D eigenvalue weighted by molar-refractivity contribution is 5.87. The lowest BCUT2D eigenvalue weighted by molar-refractivity contribution is -0.150. The van der Waals surface area contributed by atoms with Crippen molar-refractivity contribution in [2.24, 2.45) is 0 Å². The van der Waals surface area contributed by atoms with Crippen LogP contribution in [0.1, 0.15) is 206 Å². The molecule has 0 saturated heterocycles. The summed E-state index contributed by atoms with van der Waals surface area (Å²) in [6, 6.07) is -1.39. The van der Waals surface area contributed by atoms with Gasteiger partial charge in [-0.05, 0) is 77.0 Å². The van der Waals surface area contributed by atoms with Crippen molar-refractivity contribution in [3.8, 4) is 0 Å². The summed E-state index contributed by atoms with van der Waals surface area (Å²) in [4.78, 5) is 47.7. The first-order valence-electron chi connectivity index (χ1n) is 23.0. The number of ether oxygens (including phenoxy) is 1. The predicted molar refractivity (Wildman–Crippen MR) is 236 cm³/mol. The third-order valence-corrected chi connectivity index (χ3v) is 10.1. The Labute approximate surface area is 348 Å². The van der Waals surface area contributed by atoms with Crippen molar-refractivity contribution in [2.75, 3.05) is 13.2 Å². The van der Waals surface area contributed by atoms with Crippen LogP contribution in [0.5, 0.6) is 0 Å². The summed E-state index contributed by atoms with van der Waals surface area (Å²) < 4.78 is 6.03. The van der Waals surface area contributed by atoms with Gasteiger partial charge in [0.15, 0.2) is 0 Å². The summed E-state index contributed by atoms with van der Waals surface area (Å²) in [7, 11) is 0. The Morgan fingerprint density at radius 3 is 1.51 bits per heavy atom. The molecule has 0 aliphatic heterocycles. The standard InChI is InChI=1S/C48H84N2O7/c1-3-5-7-9-11-13-15-17-19-20-22-24-26-29-33-37-43(57-47(54)40-36-32-27-25-23-21-18-16-14-12-10-8-6-4-2)38-34-30-28-31-35-39-45(52)49-41-46(53)50-44(42-51)48(55)56/h5,7,11,13,17,19,22,24,43-44,51H,3-4,6,8-10,12,14-16,18,20-21,23,25-42H2,1-2H3,(H,49,52)(H,50,53)(H,55,56)/b7-5-,13-11-,19-17-,24-22-. The maximum absolute atomic E-state index is 12.8. The highest BCUT2D eigenvalue weighted by atomic mass is 16.5. The van der Waals surface area contributed by atoms with Crippen LogP contribution in [-0.4, -0.2) is 59.3 Å². The van der Waals surface area contributed by atoms with Crippen molar-refractivity contribution in [2.45, 2.75) is 219 Å². The van der Waals surface area contributed by atoms with E-state index in [1.165, 1.54) is 77.0 Å². The van der Waals surface area contributed by atoms with Crippen LogP contribution in [0.25, 0.3) is 0 Å². The van der Waals surface area contributed by atoms with Crippen LogP contribution in [-0.2, 0) is 23.9 Å². The zero-order valence-electron chi connectivity index (χ0n) is 36.3. The number of amides is 2. The molecule has 0 spiro atoms. The molecule has 4 N–H and O–H groups in total. The van der Waals surface area contributed by atoms with Crippen LogP contribution >= 0.6 is 0 Å². The Hall–Kier alpha value is -3.20. The highest BCUT2D eigenvalue weighted by Gasteiger charge is 2.19. The van der Waals surface area contributed by atoms with Gasteiger partial charge in [0.05, 0.1) is 13.2 Å². The fraction of sp³-hybridized carbons (Fsp3) is 0.750. The molecule has 0 heterocycles. The van der Waals surface area contributed by atoms with E-state index in [1.54, 1.807) is 0 Å². The zero-order valence-corrected chi connectivity index (χ0v) is 36.3. The fourth-order valence-corrected chi connectivity index (χ4v) is 6.59. The summed E-state index contributed by atoms with van der Waals surface area (Å²) in [5.74, 6) is -2.32. The Bertz CT molecular complexity index is 1100. The number of hydrogen-bond acceptors (Lipinski definition) is 6. The van der Waals surface area contributed by atoms with Crippen LogP contribution in [0.2, 0.25) is 0 Å². The smallest absolute Gasteiger partial charge is 0.328 e. The predicted octanol–water partition coefficient (Wildman–Crippen LogP) is 11.5. The number of carbonyl (C=O) groups is 4. The van der Waals surface area contributed by atoms with Crippen molar-refractivity contribution in [1.29, 1.82) is 0 Å². The maximum atomic E-state index is 12.8. The van der Waals surface area contributed by atoms with Crippen LogP contribution in [0.3, 0.4) is 0 Å². The van der Waals surface area contributed by atoms with Gasteiger partial charge in [-0.15, -0.1) is 0 Å². The number of esters is 1. The Balaban J connectivity index is 4.41. The van der Waals surface area contributed by atoms with Gasteiger partial charge in [-0.1, -0.05) is 165 Å². The summed E-state index contributed by atoms with van der Waals surface area (Å²) in [5.41, 5.74) is 0. The number of rotatable bonds is 41. The topological polar surface area (TPSA) is 142 Å². The van der Waals surface area contributed by atoms with Gasteiger partial charge in [-0.25, -0.2) is 4.79 Å². The largest absolute Gasteiger partial charge is 0.480 e. The quantitative estimate of drug-likeness (QED) is 0.0274. The molecule has 0 rings (SSSR count). The summed E-state index contributed by atoms with van der Waals surface area (Å²) in [6.45, 7) is 3.37. The van der Waals surface area contributed by atoms with E-state index in [0.29, 0.717) is 12.8 Å². The number of aliphatic carboxylic acids is 1. The van der Waals surface area contributed by atoms with Crippen molar-refractivity contribution in [3.05, 3.63) is 48.6 Å². The molecule has 0 fully saturated rings. The third-order valence-electron chi connectivity index (χ3n) is 10.1. The van der Waals surface area contributed by atoms with E-state index < -0.39 is 24.5 Å². The normalized spacial score (nSPS) is 12.9. The Morgan fingerprint density at radius 1 is 0.544 bits per heavy atom. The second-order valence-corrected chi connectivity index (χ2v) is 15.5. The molecule has 0 aromatic carbocycles. The minimum atomic E-state index is -1.39. The van der Waals surface area contributed by atoms with Gasteiger partial charge in [0.25, 0.3) is 0 Å². The van der Waals surface area contributed by atoms with E-state index in [4.69, 9.17) is 14.9 Å². The van der Waals surface area contributed by atoms with Gasteiger partial charge in [0, 0.05) is 12.8 Å². The van der Waals surface area contributed by atoms with E-state index in [0.717, 1.165) is 96.3 Å². The number of aliphatic hydroxyl groups is 1. The first kappa shape index (κ1) is 53.8. The number of carboxylic acids is 1. The summed E-state index contributed by atoms with van der Waals surface area (Å²) in [5, 5.41) is 22.6. The van der Waals surface area contributed by atoms with E-state index in [1.807, 2.05) is 0 Å². The van der Waals surface area contributed by atoms with Crippen molar-refractivity contribution in [1.82, 2.24) is 10.6 Å². The minimum absolute atomic E-state index is 0.0509. The lowest BCUT2D eigenvalue weighted by Gasteiger charge is -2.18. The summed E-state index contributed by atoms with van der Waals surface area (Å²) >= 11 is 0. The third kappa shape index (κ3) is 39.4. The molecular weight excluding hydrogens is 717 g/mol. The lowest BCUT2D eigenvalue weighted by atomic mass is 10.0. The monoisotopic (exact) mass is 801 g/mol. The average Bonchev–Trinajstić information content (AvgIpc) is 3.20. The molecule has 0 aliphatic rings. The molecule has 0 radical (unpaired) electrons. The van der Waals surface area contributed by atoms with Gasteiger partial charge in [0.1, 0.15) is 12.1 Å². The molecule has 57 heavy (non-hydrogen) atoms. The number of unbranched alkanes of at least 4 members (excludes halogenated alkanes) is 19. The maximum Gasteiger partial charge on any atom is 0.328 e. The molecule has 328 valence electrons. The van der Waals surface area contributed by atoms with Crippen molar-refractivity contribution in [3.63, 3.8) is 0 Å². The van der Waals surface area contributed by atoms with Crippen LogP contribution in [0.4, 0.5) is 0 Å². The molecule has 0 aliphatic carbocycles. The first-order valence-corrected chi connectivity index (χ1v) is 23.0. The average molecular weight is 801 g/mol. The SMILES string of the molecule is CC/C=C\C/C=C\C/C=C\C/C=C\CCCCC(CCCCCCCC(=O)NCC(=O)NC(CO)C(=O)O)OC(=O)CCCCCCCCCCCCCCCC. The van der Waals surface area contributed by atoms with Gasteiger partial charge >= 0.3 is 11.9 Å². The van der Waals surface area contributed by atoms with Gasteiger partial charge in [0.2, 0.25) is 11.8 Å². The molecule has 2 unspecified atom stereocenters. The molecule has 9 heteroatoms. The number of hydrogen-bond donors (Lipinski definition) is 4. The molecule has 0 saturated carbocycles. The Morgan fingerprint density at radius 2 is 1.00 bits per heavy atom. The number of nitrogens with one attached hydrogen (secondary N) is 2. The molecule has 0 aromatic rings. The van der Waals surface area contributed by atoms with Crippen molar-refractivity contribution < 1.29 is 34.1 Å². The van der Waals surface area contributed by atoms with Gasteiger partial charge in [-0.3, -0.25) is 14.4 Å². The van der Waals surface area contributed by atoms with Gasteiger partial charge in [-0.2, -0.15) is 0 Å². The molecule has 2 atom stereocenters. The van der Waals surface area contributed by atoms with E-state index >= 15 is 0 Å². The van der Waals surface area contributed by atoms with E-state index in [2.05, 4.69) is 73.1 Å². The second-order valence-electron chi connectivity index (χ2n) is 15.5. The van der Waals surface area contributed by atoms with E-state index in [-0.39, 0.29) is 30.9 Å². The van der Waals surface area contributed by atoms with E-state index in [9.17, 15) is 19.2 Å². The summed E-state index contributed by atoms with van der Waals surface area (Å²) in [6.07, 6.45) is 49.9. The van der Waals surface area contributed by atoms with Crippen LogP contribution in [0.15, 0.2) is 48.6 Å². The van der Waals surface area contributed by atoms with Crippen LogP contribution in [0, 0.1) is 0 Å². The fourth-order valence-electron chi connectivity index (χ4n) is 6.59. The number of carboxylic acid groups (broad SMARTS) is 1. The molecular formula is C48H84N2O7. The second kappa shape index (κ2) is 42.4. The highest BCUT2D eigenvalue weighted by Crippen LogP contribution is 2.18. The Kier molecular flexibility index (Phi) is 40.0. The lowest BCUT2D eigenvalue weighted by Crippen LogP contribution is -2.47. The number of aliphatic hydroxyl groups excluding tert-OH is 1. The van der Waals surface area contributed by atoms with Gasteiger partial charge < -0.3 is 25.6 Å². The zero-order chi connectivity index (χ0) is 41.9. The molecule has 9 nitrogen and oxygen atoms in total.